The number of carbonyl (C=O) groups excluding carboxylic acids is 4. The summed E-state index contributed by atoms with van der Waals surface area (Å²) >= 11 is 0. The summed E-state index contributed by atoms with van der Waals surface area (Å²) in [7, 11) is -3.17. The monoisotopic (exact) mass is 490 g/mol. The Morgan fingerprint density at radius 2 is 1.76 bits per heavy atom. The number of fused-ring (bicyclic) bond motifs is 1. The smallest absolute Gasteiger partial charge is 0.338 e. The number of carbonyl (C=O) groups is 4. The van der Waals surface area contributed by atoms with Crippen LogP contribution in [-0.2, 0) is 19.4 Å². The predicted octanol–water partition coefficient (Wildman–Crippen LogP) is 2.20. The Balaban J connectivity index is 1.45. The molecule has 184 valence electrons. The van der Waals surface area contributed by atoms with Crippen molar-refractivity contribution in [3.8, 4) is 0 Å². The largest absolute Gasteiger partial charge is 0.449 e. The molecule has 1 aromatic carbocycles. The highest BCUT2D eigenvalue weighted by molar-refractivity contribution is 7.91. The van der Waals surface area contributed by atoms with E-state index in [0.717, 1.165) is 32.1 Å². The molecule has 2 aliphatic heterocycles. The normalized spacial score (nSPS) is 23.0. The van der Waals surface area contributed by atoms with E-state index >= 15 is 0 Å². The Morgan fingerprint density at radius 1 is 1.09 bits per heavy atom. The molecule has 2 fully saturated rings. The molecule has 0 aromatic heterocycles. The molecule has 2 heterocycles. The first-order valence-corrected chi connectivity index (χ1v) is 13.7. The third-order valence-electron chi connectivity index (χ3n) is 7.00. The van der Waals surface area contributed by atoms with E-state index in [1.807, 2.05) is 0 Å². The van der Waals surface area contributed by atoms with Gasteiger partial charge >= 0.3 is 5.97 Å². The molecule has 1 saturated carbocycles. The number of likely N-dealkylation sites (N-methyl/N-ethyl adjacent to an activating group) is 1. The summed E-state index contributed by atoms with van der Waals surface area (Å²) in [5.74, 6) is -2.03. The summed E-state index contributed by atoms with van der Waals surface area (Å²) in [5.41, 5.74) is 0.530. The molecular weight excluding hydrogens is 460 g/mol. The third-order valence-corrected chi connectivity index (χ3v) is 8.75. The topological polar surface area (TPSA) is 118 Å². The maximum Gasteiger partial charge on any atom is 0.338 e. The maximum atomic E-state index is 13.0. The fourth-order valence-corrected chi connectivity index (χ4v) is 6.92. The number of amides is 3. The lowest BCUT2D eigenvalue weighted by molar-refractivity contribution is -0.141. The molecule has 0 radical (unpaired) electrons. The van der Waals surface area contributed by atoms with Gasteiger partial charge in [-0.1, -0.05) is 19.3 Å². The second kappa shape index (κ2) is 9.48. The lowest BCUT2D eigenvalue weighted by Crippen LogP contribution is -2.46. The quantitative estimate of drug-likeness (QED) is 0.443. The van der Waals surface area contributed by atoms with Crippen molar-refractivity contribution in [2.75, 3.05) is 18.1 Å². The Bertz CT molecular complexity index is 1120. The van der Waals surface area contributed by atoms with E-state index < -0.39 is 39.8 Å². The molecule has 0 spiro atoms. The zero-order chi connectivity index (χ0) is 24.6. The summed E-state index contributed by atoms with van der Waals surface area (Å²) in [5, 5.41) is 0. The Labute approximate surface area is 199 Å². The summed E-state index contributed by atoms with van der Waals surface area (Å²) < 4.78 is 29.0. The van der Waals surface area contributed by atoms with Crippen LogP contribution < -0.4 is 0 Å². The van der Waals surface area contributed by atoms with Crippen molar-refractivity contribution in [3.05, 3.63) is 34.9 Å². The highest BCUT2D eigenvalue weighted by Gasteiger charge is 2.41. The van der Waals surface area contributed by atoms with Crippen LogP contribution in [-0.4, -0.2) is 78.1 Å². The maximum absolute atomic E-state index is 13.0. The van der Waals surface area contributed by atoms with Gasteiger partial charge in [-0.2, -0.15) is 0 Å². The number of rotatable bonds is 6. The molecule has 10 heteroatoms. The van der Waals surface area contributed by atoms with Gasteiger partial charge in [0.1, 0.15) is 0 Å². The average molecular weight is 491 g/mol. The zero-order valence-electron chi connectivity index (χ0n) is 19.5. The lowest BCUT2D eigenvalue weighted by atomic mass is 9.94. The van der Waals surface area contributed by atoms with Crippen LogP contribution in [0.1, 0.15) is 83.4 Å². The van der Waals surface area contributed by atoms with Crippen molar-refractivity contribution in [1.29, 1.82) is 0 Å². The molecule has 9 nitrogen and oxygen atoms in total. The minimum Gasteiger partial charge on any atom is -0.449 e. The van der Waals surface area contributed by atoms with Crippen LogP contribution in [0.25, 0.3) is 0 Å². The second-order valence-corrected chi connectivity index (χ2v) is 11.5. The summed E-state index contributed by atoms with van der Waals surface area (Å²) in [6, 6.07) is 3.70. The van der Waals surface area contributed by atoms with Gasteiger partial charge in [-0.3, -0.25) is 19.3 Å². The van der Waals surface area contributed by atoms with Crippen LogP contribution >= 0.6 is 0 Å². The van der Waals surface area contributed by atoms with E-state index in [4.69, 9.17) is 4.74 Å². The molecule has 3 amide bonds. The summed E-state index contributed by atoms with van der Waals surface area (Å²) in [4.78, 5) is 54.2. The van der Waals surface area contributed by atoms with Crippen molar-refractivity contribution < 1.29 is 32.3 Å². The van der Waals surface area contributed by atoms with Crippen molar-refractivity contribution in [2.45, 2.75) is 70.6 Å². The van der Waals surface area contributed by atoms with Crippen molar-refractivity contribution in [2.24, 2.45) is 0 Å². The molecule has 34 heavy (non-hydrogen) atoms. The Hall–Kier alpha value is -2.75. The van der Waals surface area contributed by atoms with Crippen LogP contribution in [0.3, 0.4) is 0 Å². The van der Waals surface area contributed by atoms with Crippen molar-refractivity contribution in [3.63, 3.8) is 0 Å². The molecule has 0 N–H and O–H groups in total. The lowest BCUT2D eigenvalue weighted by Gasteiger charge is -2.29. The number of benzene rings is 1. The van der Waals surface area contributed by atoms with Gasteiger partial charge in [0.15, 0.2) is 15.9 Å². The highest BCUT2D eigenvalue weighted by Crippen LogP contribution is 2.31. The molecule has 1 aromatic rings. The first-order chi connectivity index (χ1) is 16.1. The van der Waals surface area contributed by atoms with Gasteiger partial charge in [0.05, 0.1) is 28.2 Å². The second-order valence-electron chi connectivity index (χ2n) is 9.26. The van der Waals surface area contributed by atoms with E-state index in [9.17, 15) is 27.6 Å². The van der Waals surface area contributed by atoms with Crippen LogP contribution in [0.5, 0.6) is 0 Å². The minimum atomic E-state index is -3.17. The number of esters is 1. The number of hydrogen-bond donors (Lipinski definition) is 0. The number of sulfone groups is 1. The molecule has 3 aliphatic rings. The van der Waals surface area contributed by atoms with E-state index in [2.05, 4.69) is 0 Å². The molecule has 1 aliphatic carbocycles. The first kappa shape index (κ1) is 24.4. The summed E-state index contributed by atoms with van der Waals surface area (Å²) in [6.45, 7) is 3.49. The predicted molar refractivity (Wildman–Crippen MR) is 123 cm³/mol. The van der Waals surface area contributed by atoms with Crippen LogP contribution in [0.4, 0.5) is 0 Å². The third kappa shape index (κ3) is 4.60. The molecular formula is C24H30N2O7S. The van der Waals surface area contributed by atoms with Crippen LogP contribution in [0.15, 0.2) is 18.2 Å². The molecule has 1 saturated heterocycles. The number of nitrogens with zero attached hydrogens (tertiary/aromatic N) is 2. The Kier molecular flexibility index (Phi) is 6.80. The first-order valence-electron chi connectivity index (χ1n) is 11.9. The van der Waals surface area contributed by atoms with Crippen molar-refractivity contribution in [1.82, 2.24) is 9.80 Å². The van der Waals surface area contributed by atoms with Gasteiger partial charge in [-0.05, 0) is 51.3 Å². The number of hydrogen-bond acceptors (Lipinski definition) is 7. The standard InChI is InChI=1S/C24H30N2O7S/c1-3-25(18-11-12-34(31,32)14-18)21(27)15(2)33-24(30)16-9-10-19-20(13-16)23(29)26(22(19)28)17-7-5-4-6-8-17/h9-10,13,15,17-18H,3-8,11-12,14H2,1-2H3/t15-,18+/m0/s1. The molecule has 4 rings (SSSR count). The van der Waals surface area contributed by atoms with E-state index in [-0.39, 0.29) is 40.1 Å². The zero-order valence-corrected chi connectivity index (χ0v) is 20.3. The van der Waals surface area contributed by atoms with Gasteiger partial charge in [0, 0.05) is 18.6 Å². The minimum absolute atomic E-state index is 0.0371. The number of imide groups is 1. The van der Waals surface area contributed by atoms with E-state index in [1.54, 1.807) is 6.92 Å². The van der Waals surface area contributed by atoms with Gasteiger partial charge in [-0.25, -0.2) is 13.2 Å². The molecule has 0 unspecified atom stereocenters. The summed E-state index contributed by atoms with van der Waals surface area (Å²) in [6.07, 6.45) is 3.86. The van der Waals surface area contributed by atoms with Gasteiger partial charge in [-0.15, -0.1) is 0 Å². The fraction of sp³-hybridized carbons (Fsp3) is 0.583. The van der Waals surface area contributed by atoms with E-state index in [1.165, 1.54) is 34.9 Å². The molecule has 2 atom stereocenters. The number of ether oxygens (including phenoxy) is 1. The fourth-order valence-electron chi connectivity index (χ4n) is 5.19. The van der Waals surface area contributed by atoms with E-state index in [0.29, 0.717) is 13.0 Å². The highest BCUT2D eigenvalue weighted by atomic mass is 32.2. The van der Waals surface area contributed by atoms with Gasteiger partial charge in [0.25, 0.3) is 17.7 Å². The van der Waals surface area contributed by atoms with Crippen molar-refractivity contribution >= 4 is 33.5 Å². The molecule has 0 bridgehead atoms. The van der Waals surface area contributed by atoms with Crippen LogP contribution in [0.2, 0.25) is 0 Å². The average Bonchev–Trinajstić information content (AvgIpc) is 3.30. The SMILES string of the molecule is CCN(C(=O)[C@H](C)OC(=O)c1ccc2c(c1)C(=O)N(C1CCCCC1)C2=O)[C@@H]1CCS(=O)(=O)C1. The van der Waals surface area contributed by atoms with Gasteiger partial charge in [0.2, 0.25) is 0 Å². The Morgan fingerprint density at radius 3 is 2.38 bits per heavy atom. The van der Waals surface area contributed by atoms with Gasteiger partial charge < -0.3 is 9.64 Å². The van der Waals surface area contributed by atoms with Crippen LogP contribution in [0, 0.1) is 0 Å².